The van der Waals surface area contributed by atoms with Crippen LogP contribution in [0.4, 0.5) is 0 Å². The van der Waals surface area contributed by atoms with Gasteiger partial charge in [-0.15, -0.1) is 0 Å². The minimum atomic E-state index is 0.861. The van der Waals surface area contributed by atoms with Crippen LogP contribution in [0.3, 0.4) is 0 Å². The Kier molecular flexibility index (Phi) is 15.8. The fourth-order valence-corrected chi connectivity index (χ4v) is 1.86. The van der Waals surface area contributed by atoms with Gasteiger partial charge in [-0.05, 0) is 26.2 Å². The summed E-state index contributed by atoms with van der Waals surface area (Å²) in [5, 5.41) is 0. The average Bonchev–Trinajstić information content (AvgIpc) is 2.35. The molecule has 0 aromatic heterocycles. The topological polar surface area (TPSA) is 18.5 Å². The van der Waals surface area contributed by atoms with Crippen molar-refractivity contribution in [3.63, 3.8) is 0 Å². The molecule has 0 fully saturated rings. The van der Waals surface area contributed by atoms with Crippen LogP contribution in [-0.2, 0) is 9.47 Å². The van der Waals surface area contributed by atoms with E-state index >= 15 is 0 Å². The maximum Gasteiger partial charge on any atom is 0.0466 e. The molecule has 17 heavy (non-hydrogen) atoms. The van der Waals surface area contributed by atoms with Crippen LogP contribution >= 0.6 is 0 Å². The van der Waals surface area contributed by atoms with E-state index in [1.54, 1.807) is 0 Å². The van der Waals surface area contributed by atoms with Gasteiger partial charge in [0.1, 0.15) is 0 Å². The molecule has 2 heteroatoms. The standard InChI is InChI=1S/C15H32O2/c1-3-13-17-15-12-10-8-6-5-7-9-11-14-16-4-2/h3-15H2,1-2H3. The van der Waals surface area contributed by atoms with E-state index in [2.05, 4.69) is 13.8 Å². The zero-order valence-electron chi connectivity index (χ0n) is 12.0. The van der Waals surface area contributed by atoms with Crippen LogP contribution < -0.4 is 0 Å². The summed E-state index contributed by atoms with van der Waals surface area (Å²) >= 11 is 0. The molecule has 0 aliphatic heterocycles. The Bertz CT molecular complexity index is 112. The Morgan fingerprint density at radius 3 is 1.47 bits per heavy atom. The maximum absolute atomic E-state index is 5.45. The van der Waals surface area contributed by atoms with Crippen molar-refractivity contribution in [3.8, 4) is 0 Å². The summed E-state index contributed by atoms with van der Waals surface area (Å²) < 4.78 is 10.8. The van der Waals surface area contributed by atoms with Crippen molar-refractivity contribution >= 4 is 0 Å². The third-order valence-electron chi connectivity index (χ3n) is 2.88. The molecule has 0 bridgehead atoms. The molecule has 0 rings (SSSR count). The van der Waals surface area contributed by atoms with E-state index in [4.69, 9.17) is 9.47 Å². The van der Waals surface area contributed by atoms with Gasteiger partial charge in [-0.3, -0.25) is 0 Å². The predicted octanol–water partition coefficient (Wildman–Crippen LogP) is 4.57. The number of unbranched alkanes of at least 4 members (excludes halogenated alkanes) is 7. The molecule has 0 aromatic carbocycles. The van der Waals surface area contributed by atoms with Gasteiger partial charge >= 0.3 is 0 Å². The summed E-state index contributed by atoms with van der Waals surface area (Å²) in [6, 6.07) is 0. The first-order valence-electron chi connectivity index (χ1n) is 7.57. The largest absolute Gasteiger partial charge is 0.382 e. The Morgan fingerprint density at radius 1 is 0.529 bits per heavy atom. The van der Waals surface area contributed by atoms with Crippen LogP contribution in [0, 0.1) is 0 Å². The Balaban J connectivity index is 2.85. The van der Waals surface area contributed by atoms with Crippen molar-refractivity contribution in [1.82, 2.24) is 0 Å². The van der Waals surface area contributed by atoms with Crippen LogP contribution in [-0.4, -0.2) is 26.4 Å². The molecule has 0 aromatic rings. The van der Waals surface area contributed by atoms with Crippen LogP contribution in [0.5, 0.6) is 0 Å². The number of ether oxygens (including phenoxy) is 2. The van der Waals surface area contributed by atoms with Gasteiger partial charge < -0.3 is 9.47 Å². The molecule has 0 aliphatic carbocycles. The van der Waals surface area contributed by atoms with Gasteiger partial charge in [0.2, 0.25) is 0 Å². The summed E-state index contributed by atoms with van der Waals surface area (Å²) in [4.78, 5) is 0. The summed E-state index contributed by atoms with van der Waals surface area (Å²) in [7, 11) is 0. The molecular formula is C15H32O2. The average molecular weight is 244 g/mol. The lowest BCUT2D eigenvalue weighted by Crippen LogP contribution is -1.95. The normalized spacial score (nSPS) is 10.9. The summed E-state index contributed by atoms with van der Waals surface area (Å²) in [6.45, 7) is 7.92. The molecule has 0 atom stereocenters. The van der Waals surface area contributed by atoms with Gasteiger partial charge in [0.05, 0.1) is 0 Å². The monoisotopic (exact) mass is 244 g/mol. The third kappa shape index (κ3) is 15.9. The highest BCUT2D eigenvalue weighted by atomic mass is 16.5. The third-order valence-corrected chi connectivity index (χ3v) is 2.88. The van der Waals surface area contributed by atoms with Crippen LogP contribution in [0.25, 0.3) is 0 Å². The zero-order valence-corrected chi connectivity index (χ0v) is 12.0. The molecule has 0 saturated heterocycles. The van der Waals surface area contributed by atoms with Gasteiger partial charge in [-0.25, -0.2) is 0 Å². The van der Waals surface area contributed by atoms with Gasteiger partial charge in [0, 0.05) is 26.4 Å². The summed E-state index contributed by atoms with van der Waals surface area (Å²) in [5.74, 6) is 0. The second kappa shape index (κ2) is 15.9. The van der Waals surface area contributed by atoms with Crippen LogP contribution in [0.1, 0.15) is 71.6 Å². The van der Waals surface area contributed by atoms with E-state index in [1.807, 2.05) is 0 Å². The number of hydrogen-bond acceptors (Lipinski definition) is 2. The molecule has 0 N–H and O–H groups in total. The SMILES string of the molecule is CCCOCCCCCCCCCCOCC. The molecular weight excluding hydrogens is 212 g/mol. The molecule has 0 aliphatic rings. The second-order valence-electron chi connectivity index (χ2n) is 4.64. The quantitative estimate of drug-likeness (QED) is 0.417. The van der Waals surface area contributed by atoms with Crippen molar-refractivity contribution in [3.05, 3.63) is 0 Å². The Morgan fingerprint density at radius 2 is 1.00 bits per heavy atom. The van der Waals surface area contributed by atoms with Crippen LogP contribution in [0.2, 0.25) is 0 Å². The first kappa shape index (κ1) is 16.9. The Labute approximate surface area is 108 Å². The van der Waals surface area contributed by atoms with Gasteiger partial charge in [0.25, 0.3) is 0 Å². The highest BCUT2D eigenvalue weighted by Crippen LogP contribution is 2.08. The van der Waals surface area contributed by atoms with E-state index in [0.29, 0.717) is 0 Å². The predicted molar refractivity (Wildman–Crippen MR) is 74.5 cm³/mol. The zero-order chi connectivity index (χ0) is 12.6. The summed E-state index contributed by atoms with van der Waals surface area (Å²) in [5.41, 5.74) is 0. The van der Waals surface area contributed by atoms with Crippen molar-refractivity contribution < 1.29 is 9.47 Å². The first-order valence-corrected chi connectivity index (χ1v) is 7.57. The maximum atomic E-state index is 5.45. The van der Waals surface area contributed by atoms with E-state index in [1.165, 1.54) is 51.4 Å². The lowest BCUT2D eigenvalue weighted by atomic mass is 10.1. The second-order valence-corrected chi connectivity index (χ2v) is 4.64. The minimum Gasteiger partial charge on any atom is -0.382 e. The lowest BCUT2D eigenvalue weighted by Gasteiger charge is -2.03. The fourth-order valence-electron chi connectivity index (χ4n) is 1.86. The minimum absolute atomic E-state index is 0.861. The number of hydrogen-bond donors (Lipinski definition) is 0. The smallest absolute Gasteiger partial charge is 0.0466 e. The molecule has 0 radical (unpaired) electrons. The fraction of sp³-hybridized carbons (Fsp3) is 1.00. The molecule has 0 unspecified atom stereocenters. The van der Waals surface area contributed by atoms with Crippen molar-refractivity contribution in [2.75, 3.05) is 26.4 Å². The van der Waals surface area contributed by atoms with Gasteiger partial charge in [0.15, 0.2) is 0 Å². The van der Waals surface area contributed by atoms with Gasteiger partial charge in [-0.1, -0.05) is 45.4 Å². The van der Waals surface area contributed by atoms with Crippen molar-refractivity contribution in [2.45, 2.75) is 71.6 Å². The van der Waals surface area contributed by atoms with Crippen molar-refractivity contribution in [1.29, 1.82) is 0 Å². The van der Waals surface area contributed by atoms with E-state index < -0.39 is 0 Å². The Hall–Kier alpha value is -0.0800. The highest BCUT2D eigenvalue weighted by molar-refractivity contribution is 4.47. The highest BCUT2D eigenvalue weighted by Gasteiger charge is 1.93. The molecule has 2 nitrogen and oxygen atoms in total. The molecule has 104 valence electrons. The molecule has 0 heterocycles. The molecule has 0 spiro atoms. The summed E-state index contributed by atoms with van der Waals surface area (Å²) in [6.07, 6.45) is 11.8. The van der Waals surface area contributed by atoms with Gasteiger partial charge in [-0.2, -0.15) is 0 Å². The van der Waals surface area contributed by atoms with Crippen LogP contribution in [0.15, 0.2) is 0 Å². The molecule has 0 saturated carbocycles. The lowest BCUT2D eigenvalue weighted by molar-refractivity contribution is 0.130. The first-order chi connectivity index (χ1) is 8.41. The molecule has 0 amide bonds. The van der Waals surface area contributed by atoms with E-state index in [9.17, 15) is 0 Å². The number of rotatable bonds is 14. The van der Waals surface area contributed by atoms with Crippen molar-refractivity contribution in [2.24, 2.45) is 0 Å². The van der Waals surface area contributed by atoms with E-state index in [-0.39, 0.29) is 0 Å². The van der Waals surface area contributed by atoms with E-state index in [0.717, 1.165) is 32.8 Å².